The molecule has 4 heteroatoms. The van der Waals surface area contributed by atoms with Crippen LogP contribution in [-0.4, -0.2) is 35.1 Å². The molecule has 18 heavy (non-hydrogen) atoms. The molecule has 0 radical (unpaired) electrons. The Hall–Kier alpha value is -1.60. The van der Waals surface area contributed by atoms with E-state index in [1.165, 1.54) is 0 Å². The number of nitrogens with zero attached hydrogens (tertiary/aromatic N) is 3. The maximum atomic E-state index is 8.74. The minimum absolute atomic E-state index is 0.386. The van der Waals surface area contributed by atoms with E-state index < -0.39 is 0 Å². The third-order valence-electron chi connectivity index (χ3n) is 2.79. The molecule has 1 rings (SSSR count). The first-order chi connectivity index (χ1) is 8.54. The van der Waals surface area contributed by atoms with E-state index in [4.69, 9.17) is 10.00 Å². The summed E-state index contributed by atoms with van der Waals surface area (Å²) in [7, 11) is 0. The second-order valence-corrected chi connectivity index (χ2v) is 4.76. The van der Waals surface area contributed by atoms with Gasteiger partial charge >= 0.3 is 0 Å². The van der Waals surface area contributed by atoms with Crippen molar-refractivity contribution in [1.29, 1.82) is 5.26 Å². The molecular formula is C14H21N3O. The largest absolute Gasteiger partial charge is 0.492 e. The normalized spacial score (nSPS) is 11.0. The van der Waals surface area contributed by atoms with Gasteiger partial charge in [0.15, 0.2) is 0 Å². The van der Waals surface area contributed by atoms with E-state index in [2.05, 4.69) is 37.6 Å². The van der Waals surface area contributed by atoms with Crippen LogP contribution in [0.25, 0.3) is 0 Å². The zero-order chi connectivity index (χ0) is 13.5. The van der Waals surface area contributed by atoms with Crippen molar-refractivity contribution in [2.75, 3.05) is 13.2 Å². The van der Waals surface area contributed by atoms with Crippen molar-refractivity contribution in [1.82, 2.24) is 9.88 Å². The van der Waals surface area contributed by atoms with Gasteiger partial charge in [-0.15, -0.1) is 0 Å². The predicted octanol–water partition coefficient (Wildman–Crippen LogP) is 2.45. The van der Waals surface area contributed by atoms with E-state index in [-0.39, 0.29) is 0 Å². The Bertz CT molecular complexity index is 402. The molecule has 0 aliphatic heterocycles. The first-order valence-electron chi connectivity index (χ1n) is 6.29. The van der Waals surface area contributed by atoms with Crippen LogP contribution in [0, 0.1) is 11.3 Å². The molecule has 1 aromatic rings. The first kappa shape index (κ1) is 14.5. The third-order valence-corrected chi connectivity index (χ3v) is 2.79. The second kappa shape index (κ2) is 6.97. The van der Waals surface area contributed by atoms with E-state index in [0.717, 1.165) is 6.54 Å². The summed E-state index contributed by atoms with van der Waals surface area (Å²) in [5.41, 5.74) is 0.386. The molecule has 0 N–H and O–H groups in total. The zero-order valence-corrected chi connectivity index (χ0v) is 11.6. The van der Waals surface area contributed by atoms with Crippen LogP contribution < -0.4 is 4.74 Å². The molecule has 0 spiro atoms. The van der Waals surface area contributed by atoms with Crippen LogP contribution in [0.15, 0.2) is 18.3 Å². The van der Waals surface area contributed by atoms with E-state index in [9.17, 15) is 0 Å². The summed E-state index contributed by atoms with van der Waals surface area (Å²) in [6.45, 7) is 10.2. The Morgan fingerprint density at radius 2 is 2.00 bits per heavy atom. The molecule has 0 unspecified atom stereocenters. The molecule has 0 aromatic carbocycles. The van der Waals surface area contributed by atoms with Crippen LogP contribution in [0.4, 0.5) is 0 Å². The number of hydrogen-bond donors (Lipinski definition) is 0. The van der Waals surface area contributed by atoms with Crippen molar-refractivity contribution < 1.29 is 4.74 Å². The molecule has 0 saturated carbocycles. The van der Waals surface area contributed by atoms with Gasteiger partial charge in [-0.05, 0) is 33.8 Å². The lowest BCUT2D eigenvalue weighted by Crippen LogP contribution is -2.39. The maximum Gasteiger partial charge on any atom is 0.144 e. The second-order valence-electron chi connectivity index (χ2n) is 4.76. The fourth-order valence-corrected chi connectivity index (χ4v) is 1.94. The SMILES string of the molecule is CC(C)N(CCOc1ccnc(C#N)c1)C(C)C. The maximum absolute atomic E-state index is 8.74. The average Bonchev–Trinajstić information content (AvgIpc) is 2.34. The van der Waals surface area contributed by atoms with Gasteiger partial charge in [0.1, 0.15) is 24.1 Å². The highest BCUT2D eigenvalue weighted by Gasteiger charge is 2.12. The summed E-state index contributed by atoms with van der Waals surface area (Å²) in [6.07, 6.45) is 1.59. The molecule has 0 bridgehead atoms. The molecule has 98 valence electrons. The Balaban J connectivity index is 2.48. The highest BCUT2D eigenvalue weighted by molar-refractivity contribution is 5.29. The van der Waals surface area contributed by atoms with Crippen molar-refractivity contribution in [2.24, 2.45) is 0 Å². The lowest BCUT2D eigenvalue weighted by Gasteiger charge is -2.30. The number of rotatable bonds is 6. The highest BCUT2D eigenvalue weighted by atomic mass is 16.5. The molecule has 0 atom stereocenters. The van der Waals surface area contributed by atoms with Gasteiger partial charge in [-0.3, -0.25) is 4.90 Å². The fraction of sp³-hybridized carbons (Fsp3) is 0.571. The lowest BCUT2D eigenvalue weighted by atomic mass is 10.2. The number of nitriles is 1. The van der Waals surface area contributed by atoms with Gasteiger partial charge in [0.25, 0.3) is 0 Å². The predicted molar refractivity (Wildman–Crippen MR) is 71.4 cm³/mol. The van der Waals surface area contributed by atoms with Gasteiger partial charge in [-0.25, -0.2) is 4.98 Å². The lowest BCUT2D eigenvalue weighted by molar-refractivity contribution is 0.142. The van der Waals surface area contributed by atoms with E-state index >= 15 is 0 Å². The quantitative estimate of drug-likeness (QED) is 0.774. The van der Waals surface area contributed by atoms with Crippen molar-refractivity contribution >= 4 is 0 Å². The molecule has 0 aliphatic rings. The summed E-state index contributed by atoms with van der Waals surface area (Å²) >= 11 is 0. The van der Waals surface area contributed by atoms with Gasteiger partial charge in [0, 0.05) is 30.9 Å². The average molecular weight is 247 g/mol. The molecule has 0 aliphatic carbocycles. The third kappa shape index (κ3) is 4.34. The zero-order valence-electron chi connectivity index (χ0n) is 11.6. The van der Waals surface area contributed by atoms with E-state index in [1.807, 2.05) is 6.07 Å². The van der Waals surface area contributed by atoms with E-state index in [1.54, 1.807) is 18.3 Å². The number of aromatic nitrogens is 1. The molecule has 0 amide bonds. The van der Waals surface area contributed by atoms with Crippen molar-refractivity contribution in [2.45, 2.75) is 39.8 Å². The minimum Gasteiger partial charge on any atom is -0.492 e. The number of hydrogen-bond acceptors (Lipinski definition) is 4. The molecule has 4 nitrogen and oxygen atoms in total. The molecule has 1 aromatic heterocycles. The summed E-state index contributed by atoms with van der Waals surface area (Å²) in [5.74, 6) is 0.703. The summed E-state index contributed by atoms with van der Waals surface area (Å²) in [4.78, 5) is 6.27. The van der Waals surface area contributed by atoms with Crippen LogP contribution in [0.1, 0.15) is 33.4 Å². The molecule has 1 heterocycles. The van der Waals surface area contributed by atoms with Crippen molar-refractivity contribution in [3.8, 4) is 11.8 Å². The summed E-state index contributed by atoms with van der Waals surface area (Å²) in [6, 6.07) is 6.44. The van der Waals surface area contributed by atoms with E-state index in [0.29, 0.717) is 30.1 Å². The Labute approximate surface area is 109 Å². The van der Waals surface area contributed by atoms with Gasteiger partial charge in [0.2, 0.25) is 0 Å². The Morgan fingerprint density at radius 1 is 1.33 bits per heavy atom. The Morgan fingerprint density at radius 3 is 2.56 bits per heavy atom. The van der Waals surface area contributed by atoms with Crippen LogP contribution >= 0.6 is 0 Å². The van der Waals surface area contributed by atoms with Gasteiger partial charge in [0.05, 0.1) is 0 Å². The summed E-state index contributed by atoms with van der Waals surface area (Å²) < 4.78 is 5.65. The Kier molecular flexibility index (Phi) is 5.60. The highest BCUT2D eigenvalue weighted by Crippen LogP contribution is 2.11. The van der Waals surface area contributed by atoms with Gasteiger partial charge in [-0.1, -0.05) is 0 Å². The molecular weight excluding hydrogens is 226 g/mol. The molecule has 0 saturated heterocycles. The smallest absolute Gasteiger partial charge is 0.144 e. The fourth-order valence-electron chi connectivity index (χ4n) is 1.94. The number of pyridine rings is 1. The minimum atomic E-state index is 0.386. The topological polar surface area (TPSA) is 49.1 Å². The van der Waals surface area contributed by atoms with Crippen LogP contribution in [-0.2, 0) is 0 Å². The van der Waals surface area contributed by atoms with Crippen molar-refractivity contribution in [3.05, 3.63) is 24.0 Å². The van der Waals surface area contributed by atoms with Crippen LogP contribution in [0.5, 0.6) is 5.75 Å². The van der Waals surface area contributed by atoms with Crippen LogP contribution in [0.3, 0.4) is 0 Å². The first-order valence-corrected chi connectivity index (χ1v) is 6.29. The van der Waals surface area contributed by atoms with Gasteiger partial charge in [-0.2, -0.15) is 5.26 Å². The van der Waals surface area contributed by atoms with Gasteiger partial charge < -0.3 is 4.74 Å². The summed E-state index contributed by atoms with van der Waals surface area (Å²) in [5, 5.41) is 8.74. The van der Waals surface area contributed by atoms with Crippen LogP contribution in [0.2, 0.25) is 0 Å². The monoisotopic (exact) mass is 247 g/mol. The van der Waals surface area contributed by atoms with Crippen molar-refractivity contribution in [3.63, 3.8) is 0 Å². The standard InChI is InChI=1S/C14H21N3O/c1-11(2)17(12(3)4)7-8-18-14-5-6-16-13(9-14)10-15/h5-6,9,11-12H,7-8H2,1-4H3. The molecule has 0 fully saturated rings. The number of ether oxygens (including phenoxy) is 1.